The molecule has 1 atom stereocenters. The number of nitrogens with two attached hydrogens (primary N) is 2. The predicted molar refractivity (Wildman–Crippen MR) is 122 cm³/mol. The maximum Gasteiger partial charge on any atom is 0.264 e. The van der Waals surface area contributed by atoms with Crippen LogP contribution in [-0.2, 0) is 0 Å². The molecular weight excluding hydrogens is 433 g/mol. The van der Waals surface area contributed by atoms with Crippen molar-refractivity contribution >= 4 is 40.0 Å². The second-order valence-electron chi connectivity index (χ2n) is 7.06. The summed E-state index contributed by atoms with van der Waals surface area (Å²) in [6, 6.07) is 13.9. The Morgan fingerprint density at radius 3 is 2.59 bits per heavy atom. The lowest BCUT2D eigenvalue weighted by molar-refractivity contribution is 0.627. The van der Waals surface area contributed by atoms with Crippen LogP contribution < -0.4 is 22.3 Å². The van der Waals surface area contributed by atoms with Gasteiger partial charge >= 0.3 is 0 Å². The number of halogens is 2. The molecule has 0 aliphatic heterocycles. The van der Waals surface area contributed by atoms with E-state index in [9.17, 15) is 14.4 Å². The van der Waals surface area contributed by atoms with Gasteiger partial charge in [-0.3, -0.25) is 9.36 Å². The number of aromatic nitrogens is 3. The third-order valence-electron chi connectivity index (χ3n) is 4.97. The highest BCUT2D eigenvalue weighted by atomic mass is 35.5. The predicted octanol–water partition coefficient (Wildman–Crippen LogP) is 3.78. The van der Waals surface area contributed by atoms with Crippen LogP contribution in [-0.4, -0.2) is 14.5 Å². The molecule has 0 aliphatic carbocycles. The van der Waals surface area contributed by atoms with E-state index in [-0.39, 0.29) is 28.7 Å². The van der Waals surface area contributed by atoms with E-state index in [4.69, 9.17) is 23.1 Å². The molecule has 4 aromatic rings. The molecule has 0 saturated carbocycles. The molecule has 0 bridgehead atoms. The first-order valence-corrected chi connectivity index (χ1v) is 9.87. The molecule has 5 N–H and O–H groups in total. The third-order valence-corrected chi connectivity index (χ3v) is 5.29. The van der Waals surface area contributed by atoms with E-state index < -0.39 is 11.9 Å². The summed E-state index contributed by atoms with van der Waals surface area (Å²) in [4.78, 5) is 21.4. The summed E-state index contributed by atoms with van der Waals surface area (Å²) in [5, 5.41) is 13.8. The maximum atomic E-state index is 13.5. The van der Waals surface area contributed by atoms with Crippen LogP contribution in [0.1, 0.15) is 24.2 Å². The Morgan fingerprint density at radius 1 is 1.19 bits per heavy atom. The number of hydrogen-bond donors (Lipinski definition) is 3. The lowest BCUT2D eigenvalue weighted by atomic mass is 10.1. The summed E-state index contributed by atoms with van der Waals surface area (Å²) >= 11 is 6.31. The second kappa shape index (κ2) is 8.17. The van der Waals surface area contributed by atoms with Crippen molar-refractivity contribution in [3.05, 3.63) is 81.0 Å². The van der Waals surface area contributed by atoms with Crippen molar-refractivity contribution in [1.82, 2.24) is 14.5 Å². The number of hydrogen-bond acceptors (Lipinski definition) is 7. The summed E-state index contributed by atoms with van der Waals surface area (Å²) in [5.74, 6) is -0.457. The molecule has 0 unspecified atom stereocenters. The van der Waals surface area contributed by atoms with Crippen LogP contribution in [0.5, 0.6) is 0 Å². The summed E-state index contributed by atoms with van der Waals surface area (Å²) in [7, 11) is 0. The van der Waals surface area contributed by atoms with Gasteiger partial charge in [0.25, 0.3) is 5.56 Å². The lowest BCUT2D eigenvalue weighted by Gasteiger charge is -2.22. The molecule has 2 aromatic heterocycles. The molecule has 8 nitrogen and oxygen atoms in total. The standard InChI is InChI=1S/C22H17ClFN7O/c1-11(28-20-15(10-25)19(26)29-22(27)30-20)17-9-12-3-2-4-16(23)18(12)21(32)31(17)14-7-5-13(24)6-8-14/h2-9,11H,1H3,(H5,26,27,28,29,30)/t11-/m0/s1. The van der Waals surface area contributed by atoms with Crippen molar-refractivity contribution in [3.63, 3.8) is 0 Å². The van der Waals surface area contributed by atoms with Crippen LogP contribution in [0.4, 0.5) is 22.0 Å². The zero-order valence-corrected chi connectivity index (χ0v) is 17.6. The van der Waals surface area contributed by atoms with E-state index in [2.05, 4.69) is 15.3 Å². The minimum absolute atomic E-state index is 0.0329. The van der Waals surface area contributed by atoms with Gasteiger partial charge in [0.2, 0.25) is 5.95 Å². The Balaban J connectivity index is 1.94. The minimum atomic E-state index is -0.545. The van der Waals surface area contributed by atoms with Crippen molar-refractivity contribution in [1.29, 1.82) is 5.26 Å². The van der Waals surface area contributed by atoms with Crippen LogP contribution in [0.15, 0.2) is 53.3 Å². The fourth-order valence-corrected chi connectivity index (χ4v) is 3.77. The Labute approximate surface area is 186 Å². The van der Waals surface area contributed by atoms with Crippen molar-refractivity contribution in [2.75, 3.05) is 16.8 Å². The summed E-state index contributed by atoms with van der Waals surface area (Å²) in [5.41, 5.74) is 12.1. The fraction of sp³-hybridized carbons (Fsp3) is 0.0909. The van der Waals surface area contributed by atoms with Crippen LogP contribution in [0.3, 0.4) is 0 Å². The Kier molecular flexibility index (Phi) is 5.38. The average molecular weight is 450 g/mol. The highest BCUT2D eigenvalue weighted by molar-refractivity contribution is 6.35. The Morgan fingerprint density at radius 2 is 1.91 bits per heavy atom. The molecule has 32 heavy (non-hydrogen) atoms. The number of nitrogens with one attached hydrogen (secondary N) is 1. The zero-order chi connectivity index (χ0) is 23.0. The summed E-state index contributed by atoms with van der Waals surface area (Å²) in [6.45, 7) is 1.78. The van der Waals surface area contributed by atoms with E-state index >= 15 is 0 Å². The molecule has 0 fully saturated rings. The number of pyridine rings is 1. The lowest BCUT2D eigenvalue weighted by Crippen LogP contribution is -2.26. The molecule has 10 heteroatoms. The monoisotopic (exact) mass is 449 g/mol. The van der Waals surface area contributed by atoms with Gasteiger partial charge in [0.05, 0.1) is 16.5 Å². The minimum Gasteiger partial charge on any atom is -0.382 e. The van der Waals surface area contributed by atoms with Crippen molar-refractivity contribution in [2.24, 2.45) is 0 Å². The first-order valence-electron chi connectivity index (χ1n) is 9.50. The maximum absolute atomic E-state index is 13.5. The van der Waals surface area contributed by atoms with Gasteiger partial charge in [-0.25, -0.2) is 4.39 Å². The van der Waals surface area contributed by atoms with E-state index in [1.54, 1.807) is 31.2 Å². The highest BCUT2D eigenvalue weighted by Gasteiger charge is 2.20. The number of anilines is 3. The van der Waals surface area contributed by atoms with Crippen molar-refractivity contribution < 1.29 is 4.39 Å². The largest absolute Gasteiger partial charge is 0.382 e. The molecular formula is C22H17ClFN7O. The van der Waals surface area contributed by atoms with Crippen LogP contribution in [0, 0.1) is 17.1 Å². The molecule has 0 radical (unpaired) electrons. The van der Waals surface area contributed by atoms with E-state index in [1.807, 2.05) is 6.07 Å². The smallest absolute Gasteiger partial charge is 0.264 e. The van der Waals surface area contributed by atoms with Crippen molar-refractivity contribution in [2.45, 2.75) is 13.0 Å². The van der Waals surface area contributed by atoms with Gasteiger partial charge in [-0.1, -0.05) is 23.7 Å². The van der Waals surface area contributed by atoms with Gasteiger partial charge in [0.1, 0.15) is 23.3 Å². The number of nitrogen functional groups attached to an aromatic ring is 2. The molecule has 0 amide bonds. The first-order chi connectivity index (χ1) is 15.3. The van der Waals surface area contributed by atoms with Gasteiger partial charge in [-0.15, -0.1) is 0 Å². The second-order valence-corrected chi connectivity index (χ2v) is 7.47. The van der Waals surface area contributed by atoms with Gasteiger partial charge in [0.15, 0.2) is 5.82 Å². The van der Waals surface area contributed by atoms with Gasteiger partial charge in [-0.05, 0) is 48.7 Å². The Bertz CT molecular complexity index is 1440. The fourth-order valence-electron chi connectivity index (χ4n) is 3.50. The number of fused-ring (bicyclic) bond motifs is 1. The van der Waals surface area contributed by atoms with Gasteiger partial charge in [0, 0.05) is 11.4 Å². The summed E-state index contributed by atoms with van der Waals surface area (Å²) < 4.78 is 15.0. The van der Waals surface area contributed by atoms with E-state index in [1.165, 1.54) is 28.8 Å². The SMILES string of the molecule is C[C@H](Nc1nc(N)nc(N)c1C#N)c1cc2cccc(Cl)c2c(=O)n1-c1ccc(F)cc1. The topological polar surface area (TPSA) is 136 Å². The van der Waals surface area contributed by atoms with E-state index in [0.717, 1.165) is 0 Å². The normalized spacial score (nSPS) is 11.8. The van der Waals surface area contributed by atoms with Crippen LogP contribution in [0.25, 0.3) is 16.5 Å². The quantitative estimate of drug-likeness (QED) is 0.431. The molecule has 0 aliphatic rings. The molecule has 160 valence electrons. The first kappa shape index (κ1) is 21.1. The number of rotatable bonds is 4. The number of nitrogens with zero attached hydrogens (tertiary/aromatic N) is 4. The van der Waals surface area contributed by atoms with Gasteiger partial charge in [-0.2, -0.15) is 15.2 Å². The van der Waals surface area contributed by atoms with Crippen LogP contribution in [0.2, 0.25) is 5.02 Å². The van der Waals surface area contributed by atoms with Gasteiger partial charge < -0.3 is 16.8 Å². The average Bonchev–Trinajstić information content (AvgIpc) is 2.74. The molecule has 2 heterocycles. The summed E-state index contributed by atoms with van der Waals surface area (Å²) in [6.07, 6.45) is 0. The zero-order valence-electron chi connectivity index (χ0n) is 16.8. The van der Waals surface area contributed by atoms with Crippen LogP contribution >= 0.6 is 11.6 Å². The number of nitriles is 1. The number of benzene rings is 2. The molecule has 0 saturated heterocycles. The Hall–Kier alpha value is -4.16. The van der Waals surface area contributed by atoms with E-state index in [0.29, 0.717) is 27.2 Å². The molecule has 4 rings (SSSR count). The molecule has 0 spiro atoms. The third kappa shape index (κ3) is 3.68. The molecule has 2 aromatic carbocycles. The highest BCUT2D eigenvalue weighted by Crippen LogP contribution is 2.28. The van der Waals surface area contributed by atoms with Crippen molar-refractivity contribution in [3.8, 4) is 11.8 Å².